The number of ether oxygens (including phenoxy) is 2. The normalized spacial score (nSPS) is 19.9. The average molecular weight is 357 g/mol. The Hall–Kier alpha value is -2.47. The Morgan fingerprint density at radius 2 is 2.08 bits per heavy atom. The molecule has 2 aliphatic rings. The monoisotopic (exact) mass is 357 g/mol. The minimum absolute atomic E-state index is 0.0447. The zero-order valence-corrected chi connectivity index (χ0v) is 15.2. The Kier molecular flexibility index (Phi) is 3.95. The van der Waals surface area contributed by atoms with Gasteiger partial charge in [-0.25, -0.2) is 0 Å². The van der Waals surface area contributed by atoms with Crippen LogP contribution in [0.2, 0.25) is 0 Å². The molecule has 2 N–H and O–H groups in total. The Labute approximate surface area is 152 Å². The van der Waals surface area contributed by atoms with Crippen LogP contribution in [0.1, 0.15) is 59.4 Å². The second kappa shape index (κ2) is 6.06. The molecule has 1 aromatic carbocycles. The highest BCUT2D eigenvalue weighted by Crippen LogP contribution is 2.44. The first-order chi connectivity index (χ1) is 12.3. The van der Waals surface area contributed by atoms with Gasteiger partial charge in [-0.1, -0.05) is 19.9 Å². The summed E-state index contributed by atoms with van der Waals surface area (Å²) in [4.78, 5) is 12.6. The molecule has 138 valence electrons. The zero-order chi connectivity index (χ0) is 18.5. The summed E-state index contributed by atoms with van der Waals surface area (Å²) in [7, 11) is 0. The molecule has 0 radical (unpaired) electrons. The zero-order valence-electron chi connectivity index (χ0n) is 15.2. The van der Waals surface area contributed by atoms with Crippen molar-refractivity contribution < 1.29 is 23.8 Å². The van der Waals surface area contributed by atoms with Crippen LogP contribution in [0.5, 0.6) is 11.5 Å². The van der Waals surface area contributed by atoms with Crippen LogP contribution >= 0.6 is 0 Å². The lowest BCUT2D eigenvalue weighted by atomic mass is 9.75. The van der Waals surface area contributed by atoms with Crippen LogP contribution in [0, 0.1) is 12.3 Å². The summed E-state index contributed by atoms with van der Waals surface area (Å²) >= 11 is 0. The van der Waals surface area contributed by atoms with E-state index in [1.54, 1.807) is 0 Å². The lowest BCUT2D eigenvalue weighted by molar-refractivity contribution is 0.0883. The fraction of sp³-hybridized carbons (Fsp3) is 0.450. The van der Waals surface area contributed by atoms with Crippen LogP contribution in [0.4, 0.5) is 0 Å². The second-order valence-corrected chi connectivity index (χ2v) is 7.82. The number of aliphatic hydroxyl groups excluding tert-OH is 1. The number of fused-ring (bicyclic) bond motifs is 2. The third-order valence-electron chi connectivity index (χ3n) is 5.08. The fourth-order valence-electron chi connectivity index (χ4n) is 3.82. The van der Waals surface area contributed by atoms with E-state index in [9.17, 15) is 9.90 Å². The van der Waals surface area contributed by atoms with Crippen LogP contribution in [0.15, 0.2) is 22.6 Å². The van der Waals surface area contributed by atoms with Gasteiger partial charge in [0.25, 0.3) is 5.91 Å². The second-order valence-electron chi connectivity index (χ2n) is 7.82. The number of aliphatic hydroxyl groups is 1. The van der Waals surface area contributed by atoms with Crippen molar-refractivity contribution in [1.29, 1.82) is 0 Å². The van der Waals surface area contributed by atoms with Crippen LogP contribution in [-0.4, -0.2) is 17.8 Å². The van der Waals surface area contributed by atoms with E-state index in [0.29, 0.717) is 24.5 Å². The lowest BCUT2D eigenvalue weighted by Crippen LogP contribution is -2.25. The number of nitrogens with one attached hydrogen (secondary N) is 1. The maximum absolute atomic E-state index is 12.6. The summed E-state index contributed by atoms with van der Waals surface area (Å²) in [5.74, 6) is 2.13. The Bertz CT molecular complexity index is 867. The molecule has 6 heteroatoms. The van der Waals surface area contributed by atoms with Crippen molar-refractivity contribution in [2.45, 2.75) is 46.3 Å². The lowest BCUT2D eigenvalue weighted by Gasteiger charge is -2.31. The predicted octanol–water partition coefficient (Wildman–Crippen LogP) is 3.25. The van der Waals surface area contributed by atoms with Gasteiger partial charge in [-0.3, -0.25) is 4.79 Å². The molecule has 1 amide bonds. The van der Waals surface area contributed by atoms with Gasteiger partial charge in [0.1, 0.15) is 5.76 Å². The molecule has 0 saturated carbocycles. The summed E-state index contributed by atoms with van der Waals surface area (Å²) in [6.45, 7) is 6.60. The molecule has 1 unspecified atom stereocenters. The number of carbonyl (C=O) groups excluding carboxylic acids is 1. The van der Waals surface area contributed by atoms with E-state index in [2.05, 4.69) is 19.2 Å². The van der Waals surface area contributed by atoms with Gasteiger partial charge in [-0.15, -0.1) is 0 Å². The van der Waals surface area contributed by atoms with E-state index < -0.39 is 6.10 Å². The number of rotatable bonds is 3. The smallest absolute Gasteiger partial charge is 0.287 e. The number of furan rings is 1. The molecule has 0 bridgehead atoms. The van der Waals surface area contributed by atoms with Crippen molar-refractivity contribution in [2.24, 2.45) is 5.41 Å². The van der Waals surface area contributed by atoms with E-state index in [-0.39, 0.29) is 23.9 Å². The van der Waals surface area contributed by atoms with Crippen molar-refractivity contribution in [3.8, 4) is 11.5 Å². The summed E-state index contributed by atoms with van der Waals surface area (Å²) in [6.07, 6.45) is 0.793. The molecule has 0 spiro atoms. The van der Waals surface area contributed by atoms with Gasteiger partial charge in [-0.2, -0.15) is 0 Å². The van der Waals surface area contributed by atoms with Gasteiger partial charge in [0.15, 0.2) is 17.3 Å². The standard InChI is InChI=1S/C20H23NO5/c1-11-17-13(22)7-20(2,3)8-16(17)26-18(11)19(23)21-9-12-4-5-14-15(6-12)25-10-24-14/h4-6,13,22H,7-10H2,1-3H3,(H,21,23). The molecule has 26 heavy (non-hydrogen) atoms. The Morgan fingerprint density at radius 1 is 1.31 bits per heavy atom. The number of benzene rings is 1. The summed E-state index contributed by atoms with van der Waals surface area (Å²) in [5, 5.41) is 13.3. The SMILES string of the molecule is Cc1c(C(=O)NCc2ccc3c(c2)OCO3)oc2c1C(O)CC(C)(C)C2. The van der Waals surface area contributed by atoms with Crippen molar-refractivity contribution >= 4 is 5.91 Å². The van der Waals surface area contributed by atoms with Crippen molar-refractivity contribution in [3.05, 3.63) is 46.4 Å². The molecule has 1 aromatic heterocycles. The molecule has 2 heterocycles. The molecule has 4 rings (SSSR count). The fourth-order valence-corrected chi connectivity index (χ4v) is 3.82. The first kappa shape index (κ1) is 17.0. The summed E-state index contributed by atoms with van der Waals surface area (Å²) in [5.41, 5.74) is 2.37. The third-order valence-corrected chi connectivity index (χ3v) is 5.08. The molecule has 0 fully saturated rings. The van der Waals surface area contributed by atoms with Crippen LogP contribution in [0.25, 0.3) is 0 Å². The van der Waals surface area contributed by atoms with Gasteiger partial charge in [-0.05, 0) is 36.5 Å². The third kappa shape index (κ3) is 2.94. The largest absolute Gasteiger partial charge is 0.455 e. The average Bonchev–Trinajstić information content (AvgIpc) is 3.15. The number of hydrogen-bond donors (Lipinski definition) is 2. The summed E-state index contributed by atoms with van der Waals surface area (Å²) < 4.78 is 16.5. The molecule has 0 saturated heterocycles. The molecule has 6 nitrogen and oxygen atoms in total. The predicted molar refractivity (Wildman–Crippen MR) is 94.2 cm³/mol. The maximum atomic E-state index is 12.6. The van der Waals surface area contributed by atoms with Crippen molar-refractivity contribution in [1.82, 2.24) is 5.32 Å². The first-order valence-corrected chi connectivity index (χ1v) is 8.81. The van der Waals surface area contributed by atoms with Crippen LogP contribution in [0.3, 0.4) is 0 Å². The highest BCUT2D eigenvalue weighted by atomic mass is 16.7. The molecule has 1 aliphatic carbocycles. The molecular formula is C20H23NO5. The molecule has 2 aromatic rings. The van der Waals surface area contributed by atoms with E-state index in [1.165, 1.54) is 0 Å². The first-order valence-electron chi connectivity index (χ1n) is 8.81. The van der Waals surface area contributed by atoms with Gasteiger partial charge in [0, 0.05) is 24.1 Å². The van der Waals surface area contributed by atoms with Crippen molar-refractivity contribution in [3.63, 3.8) is 0 Å². The minimum atomic E-state index is -0.590. The number of carbonyl (C=O) groups is 1. The van der Waals surface area contributed by atoms with Crippen LogP contribution in [-0.2, 0) is 13.0 Å². The highest BCUT2D eigenvalue weighted by Gasteiger charge is 2.37. The highest BCUT2D eigenvalue weighted by molar-refractivity contribution is 5.93. The number of hydrogen-bond acceptors (Lipinski definition) is 5. The van der Waals surface area contributed by atoms with Crippen LogP contribution < -0.4 is 14.8 Å². The van der Waals surface area contributed by atoms with Gasteiger partial charge in [0.2, 0.25) is 6.79 Å². The van der Waals surface area contributed by atoms with E-state index in [1.807, 2.05) is 25.1 Å². The molecule has 1 aliphatic heterocycles. The quantitative estimate of drug-likeness (QED) is 0.881. The van der Waals surface area contributed by atoms with Gasteiger partial charge < -0.3 is 24.3 Å². The van der Waals surface area contributed by atoms with Gasteiger partial charge >= 0.3 is 0 Å². The summed E-state index contributed by atoms with van der Waals surface area (Å²) in [6, 6.07) is 5.58. The molecule has 1 atom stereocenters. The van der Waals surface area contributed by atoms with Crippen molar-refractivity contribution in [2.75, 3.05) is 6.79 Å². The minimum Gasteiger partial charge on any atom is -0.455 e. The number of amides is 1. The van der Waals surface area contributed by atoms with E-state index >= 15 is 0 Å². The Morgan fingerprint density at radius 3 is 2.88 bits per heavy atom. The van der Waals surface area contributed by atoms with Gasteiger partial charge in [0.05, 0.1) is 6.10 Å². The molecular weight excluding hydrogens is 334 g/mol. The topological polar surface area (TPSA) is 80.9 Å². The van der Waals surface area contributed by atoms with E-state index in [4.69, 9.17) is 13.9 Å². The maximum Gasteiger partial charge on any atom is 0.287 e. The Balaban J connectivity index is 1.51. The van der Waals surface area contributed by atoms with E-state index in [0.717, 1.165) is 28.9 Å².